The van der Waals surface area contributed by atoms with Gasteiger partial charge in [-0.15, -0.1) is 0 Å². The minimum Gasteiger partial charge on any atom is -0.494 e. The van der Waals surface area contributed by atoms with Gasteiger partial charge in [0.25, 0.3) is 11.8 Å². The minimum atomic E-state index is -0.717. The smallest absolute Gasteiger partial charge is 0.256 e. The number of aliphatic imine (C=N–C) groups is 2. The van der Waals surface area contributed by atoms with E-state index >= 15 is 0 Å². The standard InChI is InChI=1S/C24H25F2N3O4.C24H26FN3O5.2H2/c1-14-18(25)9-15(10-19(14)26)28-23(30)6-4-8-33-22-12-20-17(11-21(22)32-2)24(31)29-7-3-5-16(29)13-27-20;1-31-20-11-15(7-8-18(20)25)27-23(29)6-4-10-33-22-13-19-17(12-21(22)32-2)24(30)28-9-3-5-16(28)14-26-19;;/h9-13,16H,3-8H2,1-2H3,(H,28,30);7-8,11-14,16H,3-6,9-10H2,1-2H3,(H,27,29);2*1H/t2*16-;;/m00../s1. The largest absolute Gasteiger partial charge is 0.494 e. The number of fused-ring (bicyclic) bond motifs is 4. The predicted octanol–water partition coefficient (Wildman–Crippen LogP) is 8.85. The van der Waals surface area contributed by atoms with Gasteiger partial charge in [0, 0.05) is 76.4 Å². The third-order valence-electron chi connectivity index (χ3n) is 11.5. The number of benzene rings is 4. The van der Waals surface area contributed by atoms with Gasteiger partial charge < -0.3 is 44.1 Å². The highest BCUT2D eigenvalue weighted by molar-refractivity contribution is 6.04. The first-order chi connectivity index (χ1) is 31.9. The lowest BCUT2D eigenvalue weighted by Gasteiger charge is -2.20. The summed E-state index contributed by atoms with van der Waals surface area (Å²) in [5.74, 6) is -0.863. The zero-order chi connectivity index (χ0) is 46.9. The van der Waals surface area contributed by atoms with Crippen molar-refractivity contribution in [3.8, 4) is 28.7 Å². The molecule has 4 aliphatic rings. The Labute approximate surface area is 382 Å². The number of methoxy groups -OCH3 is 3. The Hall–Kier alpha value is -7.11. The molecule has 0 unspecified atom stereocenters. The predicted molar refractivity (Wildman–Crippen MR) is 245 cm³/mol. The molecule has 0 saturated carbocycles. The SMILES string of the molecule is COc1cc(NC(=O)CCCOc2cc3c(cc2OC)C(=O)N2CCC[C@H]2C=N3)ccc1F.COc1cc2c(cc1OCCCC(=O)Nc1cc(F)c(C)c(F)c1)N=C[C@@H]1CCCN1C2=O.[HH].[HH]. The van der Waals surface area contributed by atoms with Crippen LogP contribution in [0.2, 0.25) is 0 Å². The molecular weight excluding hydrogens is 862 g/mol. The lowest BCUT2D eigenvalue weighted by Crippen LogP contribution is -2.35. The monoisotopic (exact) mass is 916 g/mol. The first kappa shape index (κ1) is 46.9. The molecular formula is C48H55F3N6O9. The third kappa shape index (κ3) is 10.9. The van der Waals surface area contributed by atoms with Gasteiger partial charge in [-0.1, -0.05) is 0 Å². The number of ether oxygens (including phenoxy) is 5. The second-order valence-electron chi connectivity index (χ2n) is 15.9. The van der Waals surface area contributed by atoms with Crippen molar-refractivity contribution in [2.75, 3.05) is 58.3 Å². The fraction of sp³-hybridized carbons (Fsp3) is 0.375. The molecule has 0 bridgehead atoms. The van der Waals surface area contributed by atoms with E-state index in [1.54, 1.807) is 30.5 Å². The topological polar surface area (TPSA) is 170 Å². The average molecular weight is 917 g/mol. The molecule has 0 aliphatic carbocycles. The van der Waals surface area contributed by atoms with Crippen LogP contribution in [0.25, 0.3) is 0 Å². The minimum absolute atomic E-state index is 0. The summed E-state index contributed by atoms with van der Waals surface area (Å²) < 4.78 is 68.2. The summed E-state index contributed by atoms with van der Waals surface area (Å²) in [6.07, 6.45) is 8.47. The number of halogens is 3. The zero-order valence-corrected chi connectivity index (χ0v) is 37.1. The summed E-state index contributed by atoms with van der Waals surface area (Å²) in [4.78, 5) is 62.8. The van der Waals surface area contributed by atoms with Crippen LogP contribution in [0.4, 0.5) is 35.9 Å². The van der Waals surface area contributed by atoms with Gasteiger partial charge >= 0.3 is 0 Å². The molecule has 66 heavy (non-hydrogen) atoms. The van der Waals surface area contributed by atoms with Crippen molar-refractivity contribution in [1.82, 2.24) is 9.80 Å². The normalized spacial score (nSPS) is 16.7. The van der Waals surface area contributed by atoms with Crippen LogP contribution in [0.5, 0.6) is 28.7 Å². The molecule has 4 heterocycles. The third-order valence-corrected chi connectivity index (χ3v) is 11.5. The molecule has 2 saturated heterocycles. The number of rotatable bonds is 15. The summed E-state index contributed by atoms with van der Waals surface area (Å²) in [6.45, 7) is 3.23. The van der Waals surface area contributed by atoms with E-state index in [9.17, 15) is 32.3 Å². The second-order valence-corrected chi connectivity index (χ2v) is 15.9. The maximum atomic E-state index is 13.6. The number of hydrogen-bond donors (Lipinski definition) is 2. The molecule has 352 valence electrons. The number of hydrogen-bond acceptors (Lipinski definition) is 11. The molecule has 0 aromatic heterocycles. The summed E-state index contributed by atoms with van der Waals surface area (Å²) in [7, 11) is 4.37. The molecule has 4 aliphatic heterocycles. The number of nitrogens with zero attached hydrogens (tertiary/aromatic N) is 4. The Morgan fingerprint density at radius 3 is 1.58 bits per heavy atom. The van der Waals surface area contributed by atoms with Crippen LogP contribution in [0.3, 0.4) is 0 Å². The quantitative estimate of drug-likeness (QED) is 0.111. The van der Waals surface area contributed by atoms with Gasteiger partial charge in [-0.3, -0.25) is 29.2 Å². The van der Waals surface area contributed by atoms with Crippen LogP contribution >= 0.6 is 0 Å². The molecule has 18 heteroatoms. The fourth-order valence-corrected chi connectivity index (χ4v) is 7.97. The van der Waals surface area contributed by atoms with E-state index in [1.807, 2.05) is 16.0 Å². The van der Waals surface area contributed by atoms with E-state index in [-0.39, 0.29) is 81.6 Å². The van der Waals surface area contributed by atoms with Crippen LogP contribution < -0.4 is 34.3 Å². The van der Waals surface area contributed by atoms with Gasteiger partial charge in [0.15, 0.2) is 34.6 Å². The zero-order valence-electron chi connectivity index (χ0n) is 37.1. The van der Waals surface area contributed by atoms with Gasteiger partial charge in [0.1, 0.15) is 11.6 Å². The highest BCUT2D eigenvalue weighted by Gasteiger charge is 2.34. The van der Waals surface area contributed by atoms with Crippen LogP contribution in [-0.4, -0.2) is 106 Å². The lowest BCUT2D eigenvalue weighted by atomic mass is 10.1. The lowest BCUT2D eigenvalue weighted by molar-refractivity contribution is -0.117. The Morgan fingerprint density at radius 2 is 1.11 bits per heavy atom. The first-order valence-corrected chi connectivity index (χ1v) is 21.7. The van der Waals surface area contributed by atoms with Gasteiger partial charge in [-0.05, 0) is 81.8 Å². The number of amides is 4. The van der Waals surface area contributed by atoms with Crippen LogP contribution in [-0.2, 0) is 9.59 Å². The van der Waals surface area contributed by atoms with Crippen molar-refractivity contribution >= 4 is 58.8 Å². The van der Waals surface area contributed by atoms with Crippen LogP contribution in [0.15, 0.2) is 64.6 Å². The number of carbonyl (C=O) groups is 4. The summed E-state index contributed by atoms with van der Waals surface area (Å²) in [5.41, 5.74) is 2.46. The molecule has 8 rings (SSSR count). The van der Waals surface area contributed by atoms with E-state index in [0.29, 0.717) is 70.6 Å². The number of nitrogens with one attached hydrogen (secondary N) is 2. The maximum absolute atomic E-state index is 13.6. The highest BCUT2D eigenvalue weighted by Crippen LogP contribution is 2.40. The molecule has 15 nitrogen and oxygen atoms in total. The molecule has 4 amide bonds. The summed E-state index contributed by atoms with van der Waals surface area (Å²) in [6, 6.07) is 13.0. The van der Waals surface area contributed by atoms with Gasteiger partial charge in [0.2, 0.25) is 11.8 Å². The number of carbonyl (C=O) groups excluding carboxylic acids is 4. The molecule has 0 radical (unpaired) electrons. The van der Waals surface area contributed by atoms with Gasteiger partial charge in [-0.2, -0.15) is 0 Å². The van der Waals surface area contributed by atoms with Crippen molar-refractivity contribution in [3.63, 3.8) is 0 Å². The van der Waals surface area contributed by atoms with E-state index in [1.165, 1.54) is 46.5 Å². The van der Waals surface area contributed by atoms with Crippen molar-refractivity contribution in [1.29, 1.82) is 0 Å². The Morgan fingerprint density at radius 1 is 0.636 bits per heavy atom. The van der Waals surface area contributed by atoms with E-state index in [4.69, 9.17) is 23.7 Å². The molecule has 2 atom stereocenters. The molecule has 4 aromatic rings. The Bertz CT molecular complexity index is 2540. The molecule has 4 aromatic carbocycles. The van der Waals surface area contributed by atoms with E-state index in [0.717, 1.165) is 44.4 Å². The Balaban J connectivity index is 0.000000247. The Kier molecular flexibility index (Phi) is 15.1. The van der Waals surface area contributed by atoms with E-state index < -0.39 is 17.5 Å². The highest BCUT2D eigenvalue weighted by atomic mass is 19.1. The van der Waals surface area contributed by atoms with Gasteiger partial charge in [0.05, 0.1) is 69.1 Å². The second kappa shape index (κ2) is 21.3. The van der Waals surface area contributed by atoms with E-state index in [2.05, 4.69) is 20.6 Å². The van der Waals surface area contributed by atoms with Crippen LogP contribution in [0.1, 0.15) is 80.5 Å². The first-order valence-electron chi connectivity index (χ1n) is 21.7. The van der Waals surface area contributed by atoms with Gasteiger partial charge in [-0.25, -0.2) is 13.2 Å². The summed E-state index contributed by atoms with van der Waals surface area (Å²) in [5, 5.41) is 5.19. The molecule has 0 spiro atoms. The van der Waals surface area contributed by atoms with Crippen molar-refractivity contribution in [3.05, 3.63) is 88.7 Å². The van der Waals surface area contributed by atoms with Crippen molar-refractivity contribution in [2.45, 2.75) is 70.4 Å². The van der Waals surface area contributed by atoms with Crippen LogP contribution in [0, 0.1) is 24.4 Å². The van der Waals surface area contributed by atoms with Crippen molar-refractivity contribution in [2.24, 2.45) is 9.98 Å². The summed E-state index contributed by atoms with van der Waals surface area (Å²) >= 11 is 0. The van der Waals surface area contributed by atoms with Crippen molar-refractivity contribution < 1.29 is 58.9 Å². The fourth-order valence-electron chi connectivity index (χ4n) is 7.97. The average Bonchev–Trinajstić information content (AvgIpc) is 3.95. The molecule has 2 N–H and O–H groups in total. The maximum Gasteiger partial charge on any atom is 0.256 e. The number of anilines is 2. The molecule has 2 fully saturated rings.